The molecule has 0 atom stereocenters. The molecule has 2 fully saturated rings. The van der Waals surface area contributed by atoms with Gasteiger partial charge in [0.15, 0.2) is 11.6 Å². The van der Waals surface area contributed by atoms with Gasteiger partial charge in [-0.1, -0.05) is 27.7 Å². The SMILES string of the molecule is CC(C)/C(O)=C1/CCCCC1=O.CC(C)/C(O)=C1/CCCCC1=O.[Cu]. The Balaban J connectivity index is 0.000000443. The fourth-order valence-electron chi connectivity index (χ4n) is 2.99. The summed E-state index contributed by atoms with van der Waals surface area (Å²) < 4.78 is 0. The molecule has 5 heteroatoms. The second kappa shape index (κ2) is 11.5. The molecule has 2 aliphatic rings. The zero-order chi connectivity index (χ0) is 18.3. The van der Waals surface area contributed by atoms with E-state index in [0.29, 0.717) is 35.5 Å². The second-order valence-corrected chi connectivity index (χ2v) is 7.30. The van der Waals surface area contributed by atoms with Crippen LogP contribution in [-0.4, -0.2) is 21.8 Å². The normalized spacial score (nSPS) is 22.2. The van der Waals surface area contributed by atoms with Gasteiger partial charge < -0.3 is 10.2 Å². The quantitative estimate of drug-likeness (QED) is 0.380. The molecule has 0 saturated heterocycles. The van der Waals surface area contributed by atoms with E-state index >= 15 is 0 Å². The van der Waals surface area contributed by atoms with E-state index in [-0.39, 0.29) is 40.5 Å². The van der Waals surface area contributed by atoms with E-state index in [1.807, 2.05) is 27.7 Å². The van der Waals surface area contributed by atoms with Gasteiger partial charge in [-0.25, -0.2) is 0 Å². The third kappa shape index (κ3) is 7.37. The number of hydrogen-bond donors (Lipinski definition) is 2. The number of hydrogen-bond acceptors (Lipinski definition) is 4. The van der Waals surface area contributed by atoms with Crippen molar-refractivity contribution in [2.75, 3.05) is 0 Å². The van der Waals surface area contributed by atoms with Crippen molar-refractivity contribution in [1.29, 1.82) is 0 Å². The average Bonchev–Trinajstić information content (AvgIpc) is 2.55. The van der Waals surface area contributed by atoms with Gasteiger partial charge in [0.1, 0.15) is 11.5 Å². The van der Waals surface area contributed by atoms with Gasteiger partial charge in [0.2, 0.25) is 0 Å². The predicted octanol–water partition coefficient (Wildman–Crippen LogP) is 5.19. The van der Waals surface area contributed by atoms with Gasteiger partial charge in [-0.05, 0) is 38.5 Å². The van der Waals surface area contributed by atoms with Gasteiger partial charge in [-0.2, -0.15) is 0 Å². The number of aliphatic hydroxyl groups is 2. The molecule has 2 rings (SSSR count). The third-order valence-electron chi connectivity index (χ3n) is 4.55. The van der Waals surface area contributed by atoms with Crippen LogP contribution in [-0.2, 0) is 26.7 Å². The molecule has 0 aromatic rings. The molecule has 0 spiro atoms. The molecule has 0 aromatic carbocycles. The summed E-state index contributed by atoms with van der Waals surface area (Å²) >= 11 is 0. The number of allylic oxidation sites excluding steroid dienone is 4. The molecule has 0 bridgehead atoms. The summed E-state index contributed by atoms with van der Waals surface area (Å²) in [5.74, 6) is 1.07. The molecule has 25 heavy (non-hydrogen) atoms. The fourth-order valence-corrected chi connectivity index (χ4v) is 2.99. The summed E-state index contributed by atoms with van der Waals surface area (Å²) in [6, 6.07) is 0. The van der Waals surface area contributed by atoms with Gasteiger partial charge in [0.05, 0.1) is 0 Å². The Morgan fingerprint density at radius 3 is 1.20 bits per heavy atom. The maximum absolute atomic E-state index is 11.3. The Morgan fingerprint density at radius 2 is 0.960 bits per heavy atom. The topological polar surface area (TPSA) is 74.6 Å². The van der Waals surface area contributed by atoms with E-state index in [9.17, 15) is 19.8 Å². The van der Waals surface area contributed by atoms with Crippen molar-refractivity contribution in [1.82, 2.24) is 0 Å². The van der Waals surface area contributed by atoms with Crippen molar-refractivity contribution in [3.63, 3.8) is 0 Å². The number of rotatable bonds is 2. The average molecular weight is 400 g/mol. The van der Waals surface area contributed by atoms with Crippen LogP contribution in [0, 0.1) is 11.8 Å². The summed E-state index contributed by atoms with van der Waals surface area (Å²) in [7, 11) is 0. The van der Waals surface area contributed by atoms with Crippen molar-refractivity contribution < 1.29 is 36.9 Å². The minimum Gasteiger partial charge on any atom is -0.512 e. The summed E-state index contributed by atoms with van der Waals surface area (Å²) in [4.78, 5) is 22.6. The fraction of sp³-hybridized carbons (Fsp3) is 0.700. The van der Waals surface area contributed by atoms with Crippen molar-refractivity contribution >= 4 is 11.6 Å². The Kier molecular flexibility index (Phi) is 11.0. The van der Waals surface area contributed by atoms with E-state index in [1.54, 1.807) is 0 Å². The maximum Gasteiger partial charge on any atom is 0.162 e. The Hall–Kier alpha value is -1.06. The summed E-state index contributed by atoms with van der Waals surface area (Å²) in [6.07, 6.45) is 6.81. The van der Waals surface area contributed by atoms with Crippen molar-refractivity contribution in [3.05, 3.63) is 22.7 Å². The van der Waals surface area contributed by atoms with Crippen LogP contribution in [0.15, 0.2) is 22.7 Å². The van der Waals surface area contributed by atoms with Crippen molar-refractivity contribution in [3.8, 4) is 0 Å². The van der Waals surface area contributed by atoms with E-state index in [0.717, 1.165) is 38.5 Å². The number of Topliss-reactive ketones (excluding diaryl/α,β-unsaturated/α-hetero) is 2. The minimum atomic E-state index is 0. The van der Waals surface area contributed by atoms with Crippen LogP contribution < -0.4 is 0 Å². The monoisotopic (exact) mass is 399 g/mol. The first-order valence-corrected chi connectivity index (χ1v) is 9.16. The van der Waals surface area contributed by atoms with Crippen LogP contribution in [0.2, 0.25) is 0 Å². The van der Waals surface area contributed by atoms with E-state index < -0.39 is 0 Å². The zero-order valence-corrected chi connectivity index (χ0v) is 16.8. The van der Waals surface area contributed by atoms with Crippen LogP contribution in [0.3, 0.4) is 0 Å². The molecule has 0 amide bonds. The molecule has 147 valence electrons. The smallest absolute Gasteiger partial charge is 0.162 e. The Morgan fingerprint density at radius 1 is 0.680 bits per heavy atom. The summed E-state index contributed by atoms with van der Waals surface area (Å²) in [5.41, 5.74) is 1.35. The number of ketones is 2. The molecular formula is C20H32CuO4. The molecule has 0 aromatic heterocycles. The summed E-state index contributed by atoms with van der Waals surface area (Å²) in [6.45, 7) is 7.63. The van der Waals surface area contributed by atoms with Crippen LogP contribution in [0.25, 0.3) is 0 Å². The van der Waals surface area contributed by atoms with Gasteiger partial charge in [-0.15, -0.1) is 0 Å². The second-order valence-electron chi connectivity index (χ2n) is 7.30. The summed E-state index contributed by atoms with van der Waals surface area (Å²) in [5, 5.41) is 19.2. The third-order valence-corrected chi connectivity index (χ3v) is 4.55. The maximum atomic E-state index is 11.3. The molecule has 0 heterocycles. The van der Waals surface area contributed by atoms with E-state index in [4.69, 9.17) is 0 Å². The van der Waals surface area contributed by atoms with Crippen LogP contribution in [0.4, 0.5) is 0 Å². The number of carbonyl (C=O) groups is 2. The van der Waals surface area contributed by atoms with Crippen molar-refractivity contribution in [2.45, 2.75) is 79.1 Å². The predicted molar refractivity (Wildman–Crippen MR) is 95.9 cm³/mol. The zero-order valence-electron chi connectivity index (χ0n) is 15.8. The minimum absolute atomic E-state index is 0. The first kappa shape index (κ1) is 23.9. The van der Waals surface area contributed by atoms with E-state index in [2.05, 4.69) is 0 Å². The molecule has 2 N–H and O–H groups in total. The standard InChI is InChI=1S/2C10H16O2.Cu/c2*1-7(2)10(12)8-5-3-4-6-9(8)11;/h2*7,12H,3-6H2,1-2H3;/b2*10-8+;. The first-order chi connectivity index (χ1) is 11.3. The van der Waals surface area contributed by atoms with Gasteiger partial charge in [0, 0.05) is 52.9 Å². The van der Waals surface area contributed by atoms with Gasteiger partial charge in [0.25, 0.3) is 0 Å². The van der Waals surface area contributed by atoms with E-state index in [1.165, 1.54) is 0 Å². The molecule has 4 nitrogen and oxygen atoms in total. The molecule has 2 aliphatic carbocycles. The number of carbonyl (C=O) groups excluding carboxylic acids is 2. The number of aliphatic hydroxyl groups excluding tert-OH is 2. The molecule has 1 radical (unpaired) electrons. The first-order valence-electron chi connectivity index (χ1n) is 9.16. The largest absolute Gasteiger partial charge is 0.512 e. The molecule has 2 saturated carbocycles. The van der Waals surface area contributed by atoms with Gasteiger partial charge in [-0.3, -0.25) is 9.59 Å². The van der Waals surface area contributed by atoms with Crippen molar-refractivity contribution in [2.24, 2.45) is 11.8 Å². The Bertz CT molecular complexity index is 482. The van der Waals surface area contributed by atoms with Crippen LogP contribution in [0.5, 0.6) is 0 Å². The molecule has 0 unspecified atom stereocenters. The molecule has 0 aliphatic heterocycles. The van der Waals surface area contributed by atoms with Gasteiger partial charge >= 0.3 is 0 Å². The molecular weight excluding hydrogens is 368 g/mol. The van der Waals surface area contributed by atoms with Crippen LogP contribution in [0.1, 0.15) is 79.1 Å². The Labute approximate surface area is 162 Å². The van der Waals surface area contributed by atoms with Crippen LogP contribution >= 0.6 is 0 Å².